The Kier molecular flexibility index (Phi) is 3.53. The summed E-state index contributed by atoms with van der Waals surface area (Å²) in [7, 11) is 2.15. The molecule has 0 saturated carbocycles. The Bertz CT molecular complexity index is 967. The van der Waals surface area contributed by atoms with Gasteiger partial charge < -0.3 is 10.2 Å². The van der Waals surface area contributed by atoms with Crippen LogP contribution < -0.4 is 5.32 Å². The Morgan fingerprint density at radius 1 is 1.23 bits per heavy atom. The highest BCUT2D eigenvalue weighted by Crippen LogP contribution is 2.39. The van der Waals surface area contributed by atoms with Crippen molar-refractivity contribution in [2.24, 2.45) is 0 Å². The molecule has 0 aliphatic carbocycles. The molecular formula is C18H21N7O. The van der Waals surface area contributed by atoms with Gasteiger partial charge in [0, 0.05) is 24.1 Å². The van der Waals surface area contributed by atoms with Gasteiger partial charge in [0.1, 0.15) is 12.1 Å². The predicted octanol–water partition coefficient (Wildman–Crippen LogP) is 1.67. The number of carbonyl (C=O) groups excluding carboxylic acids is 1. The van der Waals surface area contributed by atoms with E-state index in [1.165, 1.54) is 6.33 Å². The first kappa shape index (κ1) is 15.5. The van der Waals surface area contributed by atoms with Crippen molar-refractivity contribution in [2.75, 3.05) is 25.5 Å². The Hall–Kier alpha value is -2.74. The lowest BCUT2D eigenvalue weighted by Gasteiger charge is -2.31. The van der Waals surface area contributed by atoms with Crippen LogP contribution in [0.4, 0.5) is 5.82 Å². The van der Waals surface area contributed by atoms with Crippen molar-refractivity contribution in [3.05, 3.63) is 42.0 Å². The number of hydrogen-bond acceptors (Lipinski definition) is 5. The van der Waals surface area contributed by atoms with Gasteiger partial charge in [-0.05, 0) is 50.7 Å². The lowest BCUT2D eigenvalue weighted by molar-refractivity contribution is -0.116. The van der Waals surface area contributed by atoms with E-state index in [0.29, 0.717) is 12.5 Å². The minimum absolute atomic E-state index is 0.000430. The minimum atomic E-state index is 0.000430. The molecule has 3 aromatic rings. The van der Waals surface area contributed by atoms with Gasteiger partial charge in [0.15, 0.2) is 5.65 Å². The highest BCUT2D eigenvalue weighted by Gasteiger charge is 2.32. The van der Waals surface area contributed by atoms with Crippen LogP contribution in [0.15, 0.2) is 30.9 Å². The molecule has 26 heavy (non-hydrogen) atoms. The smallest absolute Gasteiger partial charge is 0.226 e. The molecule has 5 heterocycles. The van der Waals surface area contributed by atoms with Crippen LogP contribution in [-0.4, -0.2) is 55.3 Å². The number of anilines is 1. The molecule has 5 rings (SSSR count). The fourth-order valence-corrected chi connectivity index (χ4v) is 4.10. The van der Waals surface area contributed by atoms with E-state index in [9.17, 15) is 4.79 Å². The average molecular weight is 351 g/mol. The monoisotopic (exact) mass is 351 g/mol. The van der Waals surface area contributed by atoms with Gasteiger partial charge in [-0.25, -0.2) is 14.2 Å². The lowest BCUT2D eigenvalue weighted by Crippen LogP contribution is -2.33. The average Bonchev–Trinajstić information content (AvgIpc) is 3.27. The first-order chi connectivity index (χ1) is 12.7. The number of likely N-dealkylation sites (tertiary alicyclic amines) is 1. The summed E-state index contributed by atoms with van der Waals surface area (Å²) in [5.41, 5.74) is 2.95. The molecule has 1 unspecified atom stereocenters. The number of carbonyl (C=O) groups is 1. The van der Waals surface area contributed by atoms with Gasteiger partial charge >= 0.3 is 0 Å². The van der Waals surface area contributed by atoms with E-state index < -0.39 is 0 Å². The number of nitrogens with one attached hydrogen (secondary N) is 1. The summed E-state index contributed by atoms with van der Waals surface area (Å²) < 4.78 is 3.76. The maximum absolute atomic E-state index is 12.4. The number of rotatable bonds is 2. The summed E-state index contributed by atoms with van der Waals surface area (Å²) in [6, 6.07) is 4.36. The number of nitrogens with zero attached hydrogens (tertiary/aromatic N) is 6. The molecule has 1 saturated heterocycles. The van der Waals surface area contributed by atoms with Gasteiger partial charge in [0.05, 0.1) is 12.2 Å². The predicted molar refractivity (Wildman–Crippen MR) is 96.1 cm³/mol. The van der Waals surface area contributed by atoms with Gasteiger partial charge in [-0.1, -0.05) is 0 Å². The van der Waals surface area contributed by atoms with Crippen LogP contribution in [0.1, 0.15) is 42.3 Å². The number of aromatic nitrogens is 5. The Balaban J connectivity index is 1.53. The molecule has 1 atom stereocenters. The summed E-state index contributed by atoms with van der Waals surface area (Å²) in [5, 5.41) is 11.9. The van der Waals surface area contributed by atoms with Gasteiger partial charge in [0.2, 0.25) is 5.91 Å². The van der Waals surface area contributed by atoms with Crippen molar-refractivity contribution in [1.29, 1.82) is 0 Å². The molecule has 1 N–H and O–H groups in total. The first-order valence-electron chi connectivity index (χ1n) is 9.04. The standard InChI is InChI=1S/C18H21N7O/c1-23-5-3-13(4-6-23)25-18-15(10-20-25)14(9-17(26)22-18)12-2-7-24-16(8-12)19-11-21-24/h2,7-8,10-11,13-14H,3-6,9H2,1H3,(H,22,26). The molecule has 8 nitrogen and oxygen atoms in total. The SMILES string of the molecule is CN1CCC(n2ncc3c2NC(=O)CC3c2ccn3ncnc3c2)CC1. The Morgan fingerprint density at radius 3 is 2.92 bits per heavy atom. The third kappa shape index (κ3) is 2.48. The summed E-state index contributed by atoms with van der Waals surface area (Å²) in [6.45, 7) is 2.11. The highest BCUT2D eigenvalue weighted by molar-refractivity contribution is 5.94. The van der Waals surface area contributed by atoms with Gasteiger partial charge in [-0.2, -0.15) is 10.2 Å². The van der Waals surface area contributed by atoms with Gasteiger partial charge in [-0.3, -0.25) is 4.79 Å². The molecule has 0 bridgehead atoms. The molecular weight excluding hydrogens is 330 g/mol. The first-order valence-corrected chi connectivity index (χ1v) is 9.04. The fourth-order valence-electron chi connectivity index (χ4n) is 4.10. The molecule has 134 valence electrons. The van der Waals surface area contributed by atoms with E-state index >= 15 is 0 Å². The van der Waals surface area contributed by atoms with Crippen LogP contribution in [0.25, 0.3) is 5.65 Å². The zero-order chi connectivity index (χ0) is 17.7. The number of pyridine rings is 1. The maximum Gasteiger partial charge on any atom is 0.226 e. The molecule has 1 amide bonds. The second kappa shape index (κ2) is 5.91. The largest absolute Gasteiger partial charge is 0.311 e. The summed E-state index contributed by atoms with van der Waals surface area (Å²) in [6.07, 6.45) is 7.89. The third-order valence-electron chi connectivity index (χ3n) is 5.59. The minimum Gasteiger partial charge on any atom is -0.311 e. The molecule has 8 heteroatoms. The molecule has 2 aliphatic rings. The molecule has 0 spiro atoms. The zero-order valence-corrected chi connectivity index (χ0v) is 14.7. The van der Waals surface area contributed by atoms with Crippen molar-refractivity contribution in [1.82, 2.24) is 29.3 Å². The van der Waals surface area contributed by atoms with Gasteiger partial charge in [-0.15, -0.1) is 0 Å². The summed E-state index contributed by atoms with van der Waals surface area (Å²) in [4.78, 5) is 19.0. The lowest BCUT2D eigenvalue weighted by atomic mass is 9.88. The van der Waals surface area contributed by atoms with Crippen LogP contribution in [0.2, 0.25) is 0 Å². The molecule has 3 aromatic heterocycles. The summed E-state index contributed by atoms with van der Waals surface area (Å²) in [5.74, 6) is 0.904. The zero-order valence-electron chi connectivity index (χ0n) is 14.7. The van der Waals surface area contributed by atoms with E-state index in [4.69, 9.17) is 0 Å². The number of piperidine rings is 1. The molecule has 1 fully saturated rings. The Morgan fingerprint density at radius 2 is 2.08 bits per heavy atom. The van der Waals surface area contributed by atoms with E-state index in [-0.39, 0.29) is 11.8 Å². The second-order valence-corrected chi connectivity index (χ2v) is 7.26. The van der Waals surface area contributed by atoms with Crippen LogP contribution in [0.5, 0.6) is 0 Å². The van der Waals surface area contributed by atoms with Crippen molar-refractivity contribution in [3.8, 4) is 0 Å². The van der Waals surface area contributed by atoms with Gasteiger partial charge in [0.25, 0.3) is 0 Å². The quantitative estimate of drug-likeness (QED) is 0.760. The Labute approximate surface area is 150 Å². The van der Waals surface area contributed by atoms with E-state index in [2.05, 4.69) is 32.4 Å². The normalized spacial score (nSPS) is 21.7. The van der Waals surface area contributed by atoms with Crippen molar-refractivity contribution in [3.63, 3.8) is 0 Å². The van der Waals surface area contributed by atoms with Crippen molar-refractivity contribution < 1.29 is 4.79 Å². The maximum atomic E-state index is 12.4. The summed E-state index contributed by atoms with van der Waals surface area (Å²) >= 11 is 0. The second-order valence-electron chi connectivity index (χ2n) is 7.26. The molecule has 0 radical (unpaired) electrons. The third-order valence-corrected chi connectivity index (χ3v) is 5.59. The van der Waals surface area contributed by atoms with Crippen molar-refractivity contribution in [2.45, 2.75) is 31.2 Å². The fraction of sp³-hybridized carbons (Fsp3) is 0.444. The molecule has 0 aromatic carbocycles. The molecule has 2 aliphatic heterocycles. The van der Waals surface area contributed by atoms with E-state index in [1.807, 2.05) is 29.2 Å². The number of amides is 1. The van der Waals surface area contributed by atoms with E-state index in [1.54, 1.807) is 4.52 Å². The van der Waals surface area contributed by atoms with E-state index in [0.717, 1.165) is 48.5 Å². The number of hydrogen-bond donors (Lipinski definition) is 1. The topological polar surface area (TPSA) is 80.4 Å². The van der Waals surface area contributed by atoms with Crippen LogP contribution in [-0.2, 0) is 4.79 Å². The highest BCUT2D eigenvalue weighted by atomic mass is 16.1. The van der Waals surface area contributed by atoms with Crippen LogP contribution in [0, 0.1) is 0 Å². The van der Waals surface area contributed by atoms with Crippen LogP contribution >= 0.6 is 0 Å². The number of fused-ring (bicyclic) bond motifs is 2. The van der Waals surface area contributed by atoms with Crippen molar-refractivity contribution >= 4 is 17.4 Å². The van der Waals surface area contributed by atoms with Crippen LogP contribution in [0.3, 0.4) is 0 Å².